The van der Waals surface area contributed by atoms with Gasteiger partial charge in [0.2, 0.25) is 0 Å². The molecule has 1 rings (SSSR count). The Bertz CT molecular complexity index is 381. The molecule has 1 aromatic carbocycles. The van der Waals surface area contributed by atoms with E-state index in [0.717, 1.165) is 0 Å². The lowest BCUT2D eigenvalue weighted by atomic mass is 10.1. The Hall–Kier alpha value is -1.29. The summed E-state index contributed by atoms with van der Waals surface area (Å²) >= 11 is 5.75. The molecule has 0 N–H and O–H groups in total. The van der Waals surface area contributed by atoms with Crippen molar-refractivity contribution >= 4 is 17.6 Å². The van der Waals surface area contributed by atoms with Crippen LogP contribution in [0.2, 0.25) is 0 Å². The van der Waals surface area contributed by atoms with Gasteiger partial charge in [0, 0.05) is 6.42 Å². The molecule has 0 aliphatic heterocycles. The molecule has 0 aliphatic rings. The van der Waals surface area contributed by atoms with Crippen LogP contribution in [0.3, 0.4) is 0 Å². The highest BCUT2D eigenvalue weighted by Gasteiger charge is 2.18. The molecule has 0 saturated heterocycles. The van der Waals surface area contributed by atoms with E-state index in [1.165, 1.54) is 32.4 Å². The zero-order chi connectivity index (χ0) is 12.1. The van der Waals surface area contributed by atoms with Gasteiger partial charge in [-0.3, -0.25) is 4.79 Å². The van der Waals surface area contributed by atoms with Crippen molar-refractivity contribution in [2.24, 2.45) is 0 Å². The second kappa shape index (κ2) is 5.70. The summed E-state index contributed by atoms with van der Waals surface area (Å²) in [6, 6.07) is 4.28. The fourth-order valence-corrected chi connectivity index (χ4v) is 1.49. The smallest absolute Gasteiger partial charge is 0.324 e. The van der Waals surface area contributed by atoms with Crippen LogP contribution >= 0.6 is 11.6 Å². The standard InChI is InChI=1S/C11H12ClFO3/c1-15-8-3-4-10(13)7(5-8)6-9(12)11(14)16-2/h3-5,9H,6H2,1-2H3. The van der Waals surface area contributed by atoms with Gasteiger partial charge in [-0.25, -0.2) is 4.39 Å². The first-order valence-corrected chi connectivity index (χ1v) is 5.06. The second-order valence-electron chi connectivity index (χ2n) is 3.15. The Morgan fingerprint density at radius 2 is 2.19 bits per heavy atom. The van der Waals surface area contributed by atoms with Crippen molar-refractivity contribution in [3.63, 3.8) is 0 Å². The van der Waals surface area contributed by atoms with Gasteiger partial charge in [0.1, 0.15) is 16.9 Å². The summed E-state index contributed by atoms with van der Waals surface area (Å²) in [6.07, 6.45) is 0.0667. The van der Waals surface area contributed by atoms with Crippen molar-refractivity contribution in [1.29, 1.82) is 0 Å². The molecule has 5 heteroatoms. The predicted molar refractivity (Wildman–Crippen MR) is 58.3 cm³/mol. The largest absolute Gasteiger partial charge is 0.497 e. The normalized spacial score (nSPS) is 12.0. The quantitative estimate of drug-likeness (QED) is 0.603. The predicted octanol–water partition coefficient (Wildman–Crippen LogP) is 2.16. The van der Waals surface area contributed by atoms with E-state index in [4.69, 9.17) is 16.3 Å². The summed E-state index contributed by atoms with van der Waals surface area (Å²) < 4.78 is 22.8. The summed E-state index contributed by atoms with van der Waals surface area (Å²) in [4.78, 5) is 11.1. The molecule has 0 bridgehead atoms. The van der Waals surface area contributed by atoms with E-state index >= 15 is 0 Å². The van der Waals surface area contributed by atoms with Gasteiger partial charge in [0.25, 0.3) is 0 Å². The number of hydrogen-bond acceptors (Lipinski definition) is 3. The van der Waals surface area contributed by atoms with Crippen LogP contribution < -0.4 is 4.74 Å². The van der Waals surface area contributed by atoms with Gasteiger partial charge in [-0.2, -0.15) is 0 Å². The van der Waals surface area contributed by atoms with Crippen LogP contribution in [0.15, 0.2) is 18.2 Å². The van der Waals surface area contributed by atoms with Crippen LogP contribution in [0.1, 0.15) is 5.56 Å². The molecular weight excluding hydrogens is 235 g/mol. The summed E-state index contributed by atoms with van der Waals surface area (Å²) in [7, 11) is 2.72. The van der Waals surface area contributed by atoms with Crippen LogP contribution in [-0.4, -0.2) is 25.6 Å². The van der Waals surface area contributed by atoms with Crippen LogP contribution in [0.25, 0.3) is 0 Å². The maximum Gasteiger partial charge on any atom is 0.324 e. The molecule has 1 unspecified atom stereocenters. The number of methoxy groups -OCH3 is 2. The third-order valence-corrected chi connectivity index (χ3v) is 2.44. The van der Waals surface area contributed by atoms with E-state index in [9.17, 15) is 9.18 Å². The highest BCUT2D eigenvalue weighted by molar-refractivity contribution is 6.30. The van der Waals surface area contributed by atoms with E-state index in [2.05, 4.69) is 4.74 Å². The lowest BCUT2D eigenvalue weighted by molar-refractivity contribution is -0.140. The number of ether oxygens (including phenoxy) is 2. The van der Waals surface area contributed by atoms with E-state index < -0.39 is 17.2 Å². The number of carbonyl (C=O) groups is 1. The highest BCUT2D eigenvalue weighted by atomic mass is 35.5. The zero-order valence-corrected chi connectivity index (χ0v) is 9.75. The van der Waals surface area contributed by atoms with Crippen molar-refractivity contribution in [1.82, 2.24) is 0 Å². The Labute approximate surface area is 98.1 Å². The SMILES string of the molecule is COC(=O)C(Cl)Cc1cc(OC)ccc1F. The molecular formula is C11H12ClFO3. The fourth-order valence-electron chi connectivity index (χ4n) is 1.24. The van der Waals surface area contributed by atoms with Gasteiger partial charge < -0.3 is 9.47 Å². The molecule has 1 atom stereocenters. The first kappa shape index (κ1) is 12.8. The Morgan fingerprint density at radius 1 is 1.50 bits per heavy atom. The average Bonchev–Trinajstić information content (AvgIpc) is 2.30. The number of esters is 1. The van der Waals surface area contributed by atoms with Gasteiger partial charge in [0.15, 0.2) is 0 Å². The van der Waals surface area contributed by atoms with Crippen LogP contribution in [0.5, 0.6) is 5.75 Å². The highest BCUT2D eigenvalue weighted by Crippen LogP contribution is 2.19. The van der Waals surface area contributed by atoms with Gasteiger partial charge in [-0.05, 0) is 23.8 Å². The van der Waals surface area contributed by atoms with E-state index in [1.807, 2.05) is 0 Å². The van der Waals surface area contributed by atoms with Gasteiger partial charge in [-0.1, -0.05) is 0 Å². The summed E-state index contributed by atoms with van der Waals surface area (Å²) in [5, 5.41) is -0.897. The van der Waals surface area contributed by atoms with Crippen molar-refractivity contribution in [2.45, 2.75) is 11.8 Å². The number of rotatable bonds is 4. The molecule has 0 radical (unpaired) electrons. The summed E-state index contributed by atoms with van der Waals surface area (Å²) in [6.45, 7) is 0. The van der Waals surface area contributed by atoms with Crippen LogP contribution in [0.4, 0.5) is 4.39 Å². The molecule has 0 saturated carbocycles. The maximum absolute atomic E-state index is 13.4. The third-order valence-electron chi connectivity index (χ3n) is 2.11. The van der Waals surface area contributed by atoms with Crippen molar-refractivity contribution < 1.29 is 18.7 Å². The lowest BCUT2D eigenvalue weighted by Gasteiger charge is -2.09. The molecule has 0 amide bonds. The third kappa shape index (κ3) is 3.10. The molecule has 16 heavy (non-hydrogen) atoms. The minimum atomic E-state index is -0.897. The Morgan fingerprint density at radius 3 is 2.75 bits per heavy atom. The van der Waals surface area contributed by atoms with Crippen molar-refractivity contribution in [2.75, 3.05) is 14.2 Å². The number of carbonyl (C=O) groups excluding carboxylic acids is 1. The number of alkyl halides is 1. The van der Waals surface area contributed by atoms with E-state index in [1.54, 1.807) is 0 Å². The number of halogens is 2. The topological polar surface area (TPSA) is 35.5 Å². The first-order valence-electron chi connectivity index (χ1n) is 4.62. The van der Waals surface area contributed by atoms with Gasteiger partial charge >= 0.3 is 5.97 Å². The van der Waals surface area contributed by atoms with Crippen molar-refractivity contribution in [3.05, 3.63) is 29.6 Å². The molecule has 0 aromatic heterocycles. The van der Waals surface area contributed by atoms with Crippen molar-refractivity contribution in [3.8, 4) is 5.75 Å². The second-order valence-corrected chi connectivity index (χ2v) is 3.68. The summed E-state index contributed by atoms with van der Waals surface area (Å²) in [5.41, 5.74) is 0.324. The summed E-state index contributed by atoms with van der Waals surface area (Å²) in [5.74, 6) is -0.482. The molecule has 3 nitrogen and oxygen atoms in total. The van der Waals surface area contributed by atoms with E-state index in [-0.39, 0.29) is 6.42 Å². The minimum absolute atomic E-state index is 0.0667. The molecule has 0 spiro atoms. The fraction of sp³-hybridized carbons (Fsp3) is 0.364. The number of hydrogen-bond donors (Lipinski definition) is 0. The van der Waals surface area contributed by atoms with E-state index in [0.29, 0.717) is 11.3 Å². The molecule has 0 heterocycles. The van der Waals surface area contributed by atoms with Gasteiger partial charge in [-0.15, -0.1) is 11.6 Å². The Kier molecular flexibility index (Phi) is 4.55. The monoisotopic (exact) mass is 246 g/mol. The molecule has 0 fully saturated rings. The molecule has 0 aliphatic carbocycles. The molecule has 1 aromatic rings. The van der Waals surface area contributed by atoms with Gasteiger partial charge in [0.05, 0.1) is 14.2 Å². The van der Waals surface area contributed by atoms with Crippen LogP contribution in [-0.2, 0) is 16.0 Å². The average molecular weight is 247 g/mol. The lowest BCUT2D eigenvalue weighted by Crippen LogP contribution is -2.19. The Balaban J connectivity index is 2.83. The minimum Gasteiger partial charge on any atom is -0.497 e. The molecule has 88 valence electrons. The maximum atomic E-state index is 13.4. The zero-order valence-electron chi connectivity index (χ0n) is 9.00. The first-order chi connectivity index (χ1) is 7.58. The number of benzene rings is 1. The van der Waals surface area contributed by atoms with Crippen LogP contribution in [0, 0.1) is 5.82 Å².